The Hall–Kier alpha value is -10.1. The molecule has 0 unspecified atom stereocenters. The Bertz CT molecular complexity index is 5250. The van der Waals surface area contributed by atoms with Crippen molar-refractivity contribution in [1.29, 1.82) is 0 Å². The fraction of sp³-hybridized carbons (Fsp3) is 0. The standard InChI is InChI=1S/C76H46N2S/c1-3-21-47(22-4-1)49-41-43-68-64(45-49)51-25-15-17-38-66(51)77(68)74-57-31-11-7-27-53(57)71(54-28-8-12-32-58(54)74)61-35-20-40-70-73(61)63-37-19-36-62(76(63)79-70)72-55-29-9-13-33-59(55)75(60-34-14-10-30-56(60)72)78-67-39-18-16-26-52(67)65-46-50(42-44-69(65)78)48-23-5-2-6-24-48/h1-46H. The van der Waals surface area contributed by atoms with Crippen LogP contribution in [0.1, 0.15) is 0 Å². The van der Waals surface area contributed by atoms with Crippen LogP contribution in [0.25, 0.3) is 163 Å². The molecule has 3 heteroatoms. The van der Waals surface area contributed by atoms with E-state index in [-0.39, 0.29) is 0 Å². The highest BCUT2D eigenvalue weighted by Gasteiger charge is 2.26. The normalized spacial score (nSPS) is 12.1. The Balaban J connectivity index is 0.900. The predicted octanol–water partition coefficient (Wildman–Crippen LogP) is 21.5. The number of rotatable bonds is 6. The van der Waals surface area contributed by atoms with Gasteiger partial charge in [0.2, 0.25) is 0 Å². The van der Waals surface area contributed by atoms with Gasteiger partial charge < -0.3 is 9.13 Å². The maximum absolute atomic E-state index is 2.53. The van der Waals surface area contributed by atoms with E-state index < -0.39 is 0 Å². The van der Waals surface area contributed by atoms with E-state index in [1.165, 1.54) is 163 Å². The first kappa shape index (κ1) is 44.1. The zero-order valence-electron chi connectivity index (χ0n) is 42.9. The fourth-order valence-electron chi connectivity index (χ4n) is 13.6. The maximum atomic E-state index is 2.53. The summed E-state index contributed by atoms with van der Waals surface area (Å²) in [6, 6.07) is 104. The molecule has 0 N–H and O–H groups in total. The number of nitrogens with zero attached hydrogens (tertiary/aromatic N) is 2. The number of fused-ring (bicyclic) bond motifs is 13. The van der Waals surface area contributed by atoms with Gasteiger partial charge in [0.1, 0.15) is 0 Å². The van der Waals surface area contributed by atoms with Crippen LogP contribution in [0.5, 0.6) is 0 Å². The van der Waals surface area contributed by atoms with Crippen LogP contribution in [0.4, 0.5) is 0 Å². The van der Waals surface area contributed by atoms with Gasteiger partial charge in [-0.1, -0.05) is 237 Å². The van der Waals surface area contributed by atoms with Crippen molar-refractivity contribution in [3.8, 4) is 55.9 Å². The Kier molecular flexibility index (Phi) is 9.62. The Morgan fingerprint density at radius 3 is 1.05 bits per heavy atom. The molecule has 17 rings (SSSR count). The third kappa shape index (κ3) is 6.45. The van der Waals surface area contributed by atoms with E-state index in [2.05, 4.69) is 288 Å². The average Bonchev–Trinajstić information content (AvgIpc) is 4.40. The summed E-state index contributed by atoms with van der Waals surface area (Å²) in [6.45, 7) is 0. The summed E-state index contributed by atoms with van der Waals surface area (Å²) in [7, 11) is 0. The predicted molar refractivity (Wildman–Crippen MR) is 340 cm³/mol. The molecular formula is C76H46N2S. The molecule has 0 saturated carbocycles. The van der Waals surface area contributed by atoms with Crippen LogP contribution in [0.2, 0.25) is 0 Å². The zero-order chi connectivity index (χ0) is 51.7. The minimum atomic E-state index is 1.20. The van der Waals surface area contributed by atoms with Crippen LogP contribution < -0.4 is 0 Å². The van der Waals surface area contributed by atoms with Crippen molar-refractivity contribution < 1.29 is 0 Å². The van der Waals surface area contributed by atoms with Gasteiger partial charge in [-0.3, -0.25) is 0 Å². The molecule has 14 aromatic carbocycles. The van der Waals surface area contributed by atoms with Crippen LogP contribution in [-0.2, 0) is 0 Å². The number of benzene rings is 14. The molecule has 17 aromatic rings. The van der Waals surface area contributed by atoms with E-state index in [0.29, 0.717) is 0 Å². The first-order chi connectivity index (χ1) is 39.2. The zero-order valence-corrected chi connectivity index (χ0v) is 43.7. The molecule has 3 heterocycles. The number of hydrogen-bond donors (Lipinski definition) is 0. The molecule has 2 nitrogen and oxygen atoms in total. The summed E-state index contributed by atoms with van der Waals surface area (Å²) >= 11 is 1.92. The van der Waals surface area contributed by atoms with Gasteiger partial charge in [0, 0.05) is 68.8 Å². The van der Waals surface area contributed by atoms with Gasteiger partial charge >= 0.3 is 0 Å². The summed E-state index contributed by atoms with van der Waals surface area (Å²) in [5, 5.41) is 17.4. The van der Waals surface area contributed by atoms with Gasteiger partial charge in [0.15, 0.2) is 0 Å². The van der Waals surface area contributed by atoms with Gasteiger partial charge in [-0.05, 0) is 103 Å². The summed E-state index contributed by atoms with van der Waals surface area (Å²) in [5.74, 6) is 0. The third-order valence-electron chi connectivity index (χ3n) is 16.9. The monoisotopic (exact) mass is 1020 g/mol. The van der Waals surface area contributed by atoms with E-state index in [0.717, 1.165) is 0 Å². The second kappa shape index (κ2) is 17.2. The lowest BCUT2D eigenvalue weighted by Gasteiger charge is -2.20. The summed E-state index contributed by atoms with van der Waals surface area (Å²) in [6.07, 6.45) is 0. The second-order valence-corrected chi connectivity index (χ2v) is 22.0. The molecule has 3 aromatic heterocycles. The lowest BCUT2D eigenvalue weighted by molar-refractivity contribution is 1.21. The smallest absolute Gasteiger partial charge is 0.0619 e. The van der Waals surface area contributed by atoms with E-state index >= 15 is 0 Å². The van der Waals surface area contributed by atoms with E-state index in [1.807, 2.05) is 11.3 Å². The molecule has 0 aliphatic rings. The van der Waals surface area contributed by atoms with Gasteiger partial charge in [0.05, 0.1) is 33.4 Å². The van der Waals surface area contributed by atoms with Crippen molar-refractivity contribution in [3.63, 3.8) is 0 Å². The number of hydrogen-bond acceptors (Lipinski definition) is 1. The Morgan fingerprint density at radius 2 is 0.582 bits per heavy atom. The van der Waals surface area contributed by atoms with Crippen LogP contribution in [0, 0.1) is 0 Å². The summed E-state index contributed by atoms with van der Waals surface area (Å²) < 4.78 is 7.63. The minimum Gasteiger partial charge on any atom is -0.308 e. The minimum absolute atomic E-state index is 1.20. The molecule has 0 amide bonds. The Morgan fingerprint density at radius 1 is 0.228 bits per heavy atom. The second-order valence-electron chi connectivity index (χ2n) is 21.0. The maximum Gasteiger partial charge on any atom is 0.0619 e. The first-order valence-corrected chi connectivity index (χ1v) is 28.1. The first-order valence-electron chi connectivity index (χ1n) is 27.2. The average molecular weight is 1020 g/mol. The van der Waals surface area contributed by atoms with Crippen LogP contribution >= 0.6 is 11.3 Å². The molecule has 0 saturated heterocycles. The highest BCUT2D eigenvalue weighted by molar-refractivity contribution is 7.26. The quantitative estimate of drug-likeness (QED) is 0.147. The highest BCUT2D eigenvalue weighted by Crippen LogP contribution is 2.52. The van der Waals surface area contributed by atoms with Gasteiger partial charge in [-0.15, -0.1) is 11.3 Å². The van der Waals surface area contributed by atoms with Crippen LogP contribution in [0.15, 0.2) is 279 Å². The molecule has 0 bridgehead atoms. The molecular weight excluding hydrogens is 973 g/mol. The number of para-hydroxylation sites is 2. The van der Waals surface area contributed by atoms with Crippen molar-refractivity contribution in [2.24, 2.45) is 0 Å². The van der Waals surface area contributed by atoms with Gasteiger partial charge in [-0.2, -0.15) is 0 Å². The molecule has 79 heavy (non-hydrogen) atoms. The van der Waals surface area contributed by atoms with Crippen molar-refractivity contribution in [1.82, 2.24) is 9.13 Å². The molecule has 0 atom stereocenters. The van der Waals surface area contributed by atoms with Crippen molar-refractivity contribution >= 4 is 118 Å². The Labute approximate surface area is 459 Å². The van der Waals surface area contributed by atoms with E-state index in [9.17, 15) is 0 Å². The van der Waals surface area contributed by atoms with Crippen LogP contribution in [0.3, 0.4) is 0 Å². The molecule has 0 aliphatic heterocycles. The molecule has 0 aliphatic carbocycles. The summed E-state index contributed by atoms with van der Waals surface area (Å²) in [4.78, 5) is 0. The van der Waals surface area contributed by atoms with Gasteiger partial charge in [-0.25, -0.2) is 0 Å². The number of aromatic nitrogens is 2. The van der Waals surface area contributed by atoms with Crippen LogP contribution in [-0.4, -0.2) is 9.13 Å². The highest BCUT2D eigenvalue weighted by atomic mass is 32.1. The molecule has 0 radical (unpaired) electrons. The lowest BCUT2D eigenvalue weighted by Crippen LogP contribution is -1.99. The summed E-state index contributed by atoms with van der Waals surface area (Å²) in [5.41, 5.74) is 17.1. The third-order valence-corrected chi connectivity index (χ3v) is 18.1. The lowest BCUT2D eigenvalue weighted by atomic mass is 9.87. The van der Waals surface area contributed by atoms with E-state index in [1.54, 1.807) is 0 Å². The molecule has 0 fully saturated rings. The largest absolute Gasteiger partial charge is 0.308 e. The molecule has 0 spiro atoms. The van der Waals surface area contributed by atoms with Crippen molar-refractivity contribution in [2.45, 2.75) is 0 Å². The number of thiophene rings is 1. The fourth-order valence-corrected chi connectivity index (χ4v) is 14.8. The topological polar surface area (TPSA) is 9.86 Å². The SMILES string of the molecule is c1ccc(-c2ccc3c(c2)c2ccccc2n3-c2c3ccccc3c(-c3cccc4c3sc3cccc(-c5c6ccccc6c(-n6c7ccccc7c7cc(-c8ccccc8)ccc76)c6ccccc56)c34)c3ccccc23)cc1. The van der Waals surface area contributed by atoms with Gasteiger partial charge in [0.25, 0.3) is 0 Å². The van der Waals surface area contributed by atoms with Crippen molar-refractivity contribution in [3.05, 3.63) is 279 Å². The molecule has 366 valence electrons. The van der Waals surface area contributed by atoms with Crippen molar-refractivity contribution in [2.75, 3.05) is 0 Å². The van der Waals surface area contributed by atoms with E-state index in [4.69, 9.17) is 0 Å².